The maximum atomic E-state index is 12.6. The molecule has 5 heteroatoms. The number of nitrogens with one attached hydrogen (secondary N) is 1. The Balaban J connectivity index is 1.62. The Bertz CT molecular complexity index is 920. The molecule has 0 heterocycles. The Morgan fingerprint density at radius 3 is 2.11 bits per heavy atom. The van der Waals surface area contributed by atoms with Gasteiger partial charge in [0.25, 0.3) is 11.8 Å². The average Bonchev–Trinajstić information content (AvgIpc) is 2.72. The molecule has 3 aromatic carbocycles. The summed E-state index contributed by atoms with van der Waals surface area (Å²) in [6.07, 6.45) is 0. The van der Waals surface area contributed by atoms with Crippen LogP contribution in [0.2, 0.25) is 0 Å². The van der Waals surface area contributed by atoms with E-state index in [0.29, 0.717) is 23.4 Å². The van der Waals surface area contributed by atoms with Crippen molar-refractivity contribution in [2.24, 2.45) is 0 Å². The zero-order chi connectivity index (χ0) is 19.2. The van der Waals surface area contributed by atoms with E-state index in [4.69, 9.17) is 0 Å². The van der Waals surface area contributed by atoms with Gasteiger partial charge in [-0.3, -0.25) is 9.59 Å². The van der Waals surface area contributed by atoms with Crippen LogP contribution >= 0.6 is 0 Å². The molecular formula is C22H20N2O3. The van der Waals surface area contributed by atoms with Crippen molar-refractivity contribution in [2.45, 2.75) is 6.54 Å². The second-order valence-corrected chi connectivity index (χ2v) is 6.13. The van der Waals surface area contributed by atoms with Crippen molar-refractivity contribution in [3.63, 3.8) is 0 Å². The summed E-state index contributed by atoms with van der Waals surface area (Å²) < 4.78 is 0. The van der Waals surface area contributed by atoms with Gasteiger partial charge in [0.1, 0.15) is 5.75 Å². The number of carbonyl (C=O) groups is 2. The lowest BCUT2D eigenvalue weighted by atomic mass is 10.1. The number of nitrogens with zero attached hydrogens (tertiary/aromatic N) is 1. The summed E-state index contributed by atoms with van der Waals surface area (Å²) in [5.41, 5.74) is 2.75. The lowest BCUT2D eigenvalue weighted by Crippen LogP contribution is -2.26. The van der Waals surface area contributed by atoms with Gasteiger partial charge in [-0.25, -0.2) is 0 Å². The highest BCUT2D eigenvalue weighted by molar-refractivity contribution is 6.05. The first-order valence-corrected chi connectivity index (χ1v) is 8.54. The molecule has 0 bridgehead atoms. The monoisotopic (exact) mass is 360 g/mol. The van der Waals surface area contributed by atoms with Crippen molar-refractivity contribution in [1.82, 2.24) is 5.32 Å². The Morgan fingerprint density at radius 1 is 0.852 bits per heavy atom. The summed E-state index contributed by atoms with van der Waals surface area (Å²) >= 11 is 0. The fourth-order valence-electron chi connectivity index (χ4n) is 2.63. The number of anilines is 1. The Morgan fingerprint density at radius 2 is 1.48 bits per heavy atom. The predicted octanol–water partition coefficient (Wildman–Crippen LogP) is 3.60. The molecule has 0 unspecified atom stereocenters. The molecule has 0 fully saturated rings. The largest absolute Gasteiger partial charge is 0.508 e. The van der Waals surface area contributed by atoms with Gasteiger partial charge < -0.3 is 15.3 Å². The summed E-state index contributed by atoms with van der Waals surface area (Å²) in [6, 6.07) is 22.6. The summed E-state index contributed by atoms with van der Waals surface area (Å²) in [5.74, 6) is -0.134. The van der Waals surface area contributed by atoms with Gasteiger partial charge in [-0.15, -0.1) is 0 Å². The van der Waals surface area contributed by atoms with Crippen LogP contribution in [0.1, 0.15) is 26.3 Å². The Labute approximate surface area is 157 Å². The zero-order valence-corrected chi connectivity index (χ0v) is 14.9. The third-order valence-electron chi connectivity index (χ3n) is 4.23. The minimum Gasteiger partial charge on any atom is -0.508 e. The number of benzene rings is 3. The third kappa shape index (κ3) is 4.52. The van der Waals surface area contributed by atoms with Gasteiger partial charge in [0.2, 0.25) is 0 Å². The topological polar surface area (TPSA) is 69.6 Å². The number of hydrogen-bond donors (Lipinski definition) is 2. The molecule has 0 aliphatic heterocycles. The molecule has 2 amide bonds. The first kappa shape index (κ1) is 18.2. The van der Waals surface area contributed by atoms with Gasteiger partial charge in [0.05, 0.1) is 0 Å². The highest BCUT2D eigenvalue weighted by Gasteiger charge is 2.13. The molecule has 0 saturated heterocycles. The van der Waals surface area contributed by atoms with Crippen LogP contribution in [0.4, 0.5) is 5.69 Å². The second-order valence-electron chi connectivity index (χ2n) is 6.13. The molecule has 0 spiro atoms. The first-order chi connectivity index (χ1) is 13.0. The molecule has 5 nitrogen and oxygen atoms in total. The molecule has 0 atom stereocenters. The van der Waals surface area contributed by atoms with E-state index in [-0.39, 0.29) is 17.6 Å². The van der Waals surface area contributed by atoms with E-state index < -0.39 is 0 Å². The van der Waals surface area contributed by atoms with Crippen molar-refractivity contribution < 1.29 is 14.7 Å². The number of hydrogen-bond acceptors (Lipinski definition) is 3. The third-order valence-corrected chi connectivity index (χ3v) is 4.23. The van der Waals surface area contributed by atoms with Crippen molar-refractivity contribution >= 4 is 17.5 Å². The molecule has 3 aromatic rings. The van der Waals surface area contributed by atoms with E-state index in [0.717, 1.165) is 5.56 Å². The molecule has 0 aliphatic rings. The minimum atomic E-state index is -0.152. The highest BCUT2D eigenvalue weighted by Crippen LogP contribution is 2.19. The van der Waals surface area contributed by atoms with E-state index in [1.165, 1.54) is 17.0 Å². The van der Waals surface area contributed by atoms with E-state index >= 15 is 0 Å². The van der Waals surface area contributed by atoms with Crippen LogP contribution in [-0.4, -0.2) is 24.0 Å². The summed E-state index contributed by atoms with van der Waals surface area (Å²) in [5, 5.41) is 12.2. The van der Waals surface area contributed by atoms with Gasteiger partial charge in [0.15, 0.2) is 0 Å². The summed E-state index contributed by atoms with van der Waals surface area (Å²) in [6.45, 7) is 0.385. The quantitative estimate of drug-likeness (QED) is 0.730. The van der Waals surface area contributed by atoms with Crippen molar-refractivity contribution in [2.75, 3.05) is 11.9 Å². The Kier molecular flexibility index (Phi) is 5.52. The fraction of sp³-hybridized carbons (Fsp3) is 0.0909. The number of aromatic hydroxyl groups is 1. The molecule has 0 aromatic heterocycles. The molecular weight excluding hydrogens is 340 g/mol. The molecule has 27 heavy (non-hydrogen) atoms. The highest BCUT2D eigenvalue weighted by atomic mass is 16.3. The maximum absolute atomic E-state index is 12.6. The second kappa shape index (κ2) is 8.19. The standard InChI is InChI=1S/C22H20N2O3/c1-24(19-11-13-20(25)14-12-19)22(27)18-9-7-16(8-10-18)15-23-21(26)17-5-3-2-4-6-17/h2-14,25H,15H2,1H3,(H,23,26). The van der Waals surface area contributed by atoms with Crippen LogP contribution in [0.15, 0.2) is 78.9 Å². The number of rotatable bonds is 5. The fourth-order valence-corrected chi connectivity index (χ4v) is 2.63. The molecule has 136 valence electrons. The van der Waals surface area contributed by atoms with Gasteiger partial charge in [-0.1, -0.05) is 30.3 Å². The molecule has 3 rings (SSSR count). The summed E-state index contributed by atoms with van der Waals surface area (Å²) in [4.78, 5) is 26.2. The summed E-state index contributed by atoms with van der Waals surface area (Å²) in [7, 11) is 1.68. The van der Waals surface area contributed by atoms with Gasteiger partial charge >= 0.3 is 0 Å². The van der Waals surface area contributed by atoms with Crippen LogP contribution in [-0.2, 0) is 6.54 Å². The lowest BCUT2D eigenvalue weighted by molar-refractivity contribution is 0.0949. The maximum Gasteiger partial charge on any atom is 0.258 e. The van der Waals surface area contributed by atoms with E-state index in [2.05, 4.69) is 5.32 Å². The SMILES string of the molecule is CN(C(=O)c1ccc(CNC(=O)c2ccccc2)cc1)c1ccc(O)cc1. The van der Waals surface area contributed by atoms with Gasteiger partial charge in [-0.05, 0) is 54.1 Å². The van der Waals surface area contributed by atoms with Crippen LogP contribution in [0.25, 0.3) is 0 Å². The number of phenolic OH excluding ortho intramolecular Hbond substituents is 1. The van der Waals surface area contributed by atoms with E-state index in [1.807, 2.05) is 30.3 Å². The van der Waals surface area contributed by atoms with Gasteiger partial charge in [0, 0.05) is 30.4 Å². The molecule has 0 aliphatic carbocycles. The lowest BCUT2D eigenvalue weighted by Gasteiger charge is -2.17. The minimum absolute atomic E-state index is 0.136. The van der Waals surface area contributed by atoms with Crippen LogP contribution in [0, 0.1) is 0 Å². The van der Waals surface area contributed by atoms with Crippen LogP contribution in [0.5, 0.6) is 5.75 Å². The van der Waals surface area contributed by atoms with Crippen LogP contribution < -0.4 is 10.2 Å². The van der Waals surface area contributed by atoms with Crippen molar-refractivity contribution in [3.8, 4) is 5.75 Å². The smallest absolute Gasteiger partial charge is 0.258 e. The molecule has 0 radical (unpaired) electrons. The zero-order valence-electron chi connectivity index (χ0n) is 14.9. The average molecular weight is 360 g/mol. The molecule has 0 saturated carbocycles. The van der Waals surface area contributed by atoms with E-state index in [1.54, 1.807) is 43.4 Å². The van der Waals surface area contributed by atoms with Crippen molar-refractivity contribution in [3.05, 3.63) is 95.6 Å². The number of phenols is 1. The van der Waals surface area contributed by atoms with Crippen LogP contribution in [0.3, 0.4) is 0 Å². The molecule has 2 N–H and O–H groups in total. The Hall–Kier alpha value is -3.60. The number of amides is 2. The van der Waals surface area contributed by atoms with E-state index in [9.17, 15) is 14.7 Å². The predicted molar refractivity (Wildman–Crippen MR) is 105 cm³/mol. The normalized spacial score (nSPS) is 10.3. The van der Waals surface area contributed by atoms with Gasteiger partial charge in [-0.2, -0.15) is 0 Å². The first-order valence-electron chi connectivity index (χ1n) is 8.54. The van der Waals surface area contributed by atoms with Crippen molar-refractivity contribution in [1.29, 1.82) is 0 Å². The number of carbonyl (C=O) groups excluding carboxylic acids is 2.